The van der Waals surface area contributed by atoms with Crippen molar-refractivity contribution in [2.45, 2.75) is 79.2 Å². The Morgan fingerprint density at radius 2 is 1.63 bits per heavy atom. The van der Waals surface area contributed by atoms with Crippen LogP contribution >= 0.6 is 0 Å². The molecule has 0 saturated carbocycles. The molecule has 0 spiro atoms. The molecule has 0 aromatic rings. The van der Waals surface area contributed by atoms with Gasteiger partial charge in [0.05, 0.1) is 0 Å². The van der Waals surface area contributed by atoms with E-state index in [1.165, 1.54) is 11.1 Å². The molecule has 0 N–H and O–H groups in total. The van der Waals surface area contributed by atoms with Crippen molar-refractivity contribution < 1.29 is 9.53 Å². The highest BCUT2D eigenvalue weighted by Crippen LogP contribution is 2.12. The summed E-state index contributed by atoms with van der Waals surface area (Å²) in [7, 11) is 0. The molecule has 19 heavy (non-hydrogen) atoms. The van der Waals surface area contributed by atoms with Crippen molar-refractivity contribution in [1.29, 1.82) is 0 Å². The summed E-state index contributed by atoms with van der Waals surface area (Å²) >= 11 is 0. The first-order valence-corrected chi connectivity index (χ1v) is 7.21. The molecule has 0 bridgehead atoms. The zero-order valence-corrected chi connectivity index (χ0v) is 13.5. The molecule has 0 rings (SSSR count). The Bertz CT molecular complexity index is 326. The van der Waals surface area contributed by atoms with E-state index in [2.05, 4.69) is 32.9 Å². The van der Waals surface area contributed by atoms with E-state index < -0.39 is 0 Å². The molecule has 0 amide bonds. The van der Waals surface area contributed by atoms with E-state index in [0.29, 0.717) is 6.42 Å². The normalized spacial score (nSPS) is 12.2. The monoisotopic (exact) mass is 266 g/mol. The lowest BCUT2D eigenvalue weighted by molar-refractivity contribution is -0.154. The molecule has 0 radical (unpaired) electrons. The first-order valence-electron chi connectivity index (χ1n) is 7.21. The average molecular weight is 266 g/mol. The van der Waals surface area contributed by atoms with Crippen molar-refractivity contribution >= 4 is 5.97 Å². The van der Waals surface area contributed by atoms with Gasteiger partial charge in [0, 0.05) is 6.42 Å². The van der Waals surface area contributed by atoms with Crippen molar-refractivity contribution in [1.82, 2.24) is 0 Å². The molecule has 110 valence electrons. The van der Waals surface area contributed by atoms with Gasteiger partial charge < -0.3 is 4.74 Å². The number of carbonyl (C=O) groups is 1. The summed E-state index contributed by atoms with van der Waals surface area (Å²) in [4.78, 5) is 11.5. The van der Waals surface area contributed by atoms with Crippen LogP contribution in [0.25, 0.3) is 0 Å². The predicted molar refractivity (Wildman–Crippen MR) is 82.1 cm³/mol. The Kier molecular flexibility index (Phi) is 8.46. The summed E-state index contributed by atoms with van der Waals surface area (Å²) in [5.74, 6) is -0.0944. The Hall–Kier alpha value is -1.05. The van der Waals surface area contributed by atoms with Gasteiger partial charge in [-0.3, -0.25) is 4.79 Å². The third-order valence-electron chi connectivity index (χ3n) is 2.59. The number of hydrogen-bond donors (Lipinski definition) is 0. The van der Waals surface area contributed by atoms with E-state index in [1.54, 1.807) is 0 Å². The van der Waals surface area contributed by atoms with Gasteiger partial charge >= 0.3 is 5.97 Å². The summed E-state index contributed by atoms with van der Waals surface area (Å²) in [6.45, 7) is 12.1. The van der Waals surface area contributed by atoms with Gasteiger partial charge in [-0.15, -0.1) is 0 Å². The lowest BCUT2D eigenvalue weighted by Crippen LogP contribution is -2.23. The molecule has 0 fully saturated rings. The maximum Gasteiger partial charge on any atom is 0.306 e. The standard InChI is InChI=1S/C17H30O2/c1-14(2)10-9-12-15(3)11-7-8-13-16(18)19-17(4,5)6/h10-11H,7-9,12-13H2,1-6H3/b15-11+. The number of hydrogen-bond acceptors (Lipinski definition) is 2. The highest BCUT2D eigenvalue weighted by Gasteiger charge is 2.15. The van der Waals surface area contributed by atoms with Crippen molar-refractivity contribution in [2.75, 3.05) is 0 Å². The zero-order valence-electron chi connectivity index (χ0n) is 13.5. The van der Waals surface area contributed by atoms with E-state index >= 15 is 0 Å². The minimum absolute atomic E-state index is 0.0944. The Morgan fingerprint density at radius 1 is 1.00 bits per heavy atom. The Labute approximate surface area is 118 Å². The van der Waals surface area contributed by atoms with Crippen LogP contribution < -0.4 is 0 Å². The molecule has 0 aromatic carbocycles. The van der Waals surface area contributed by atoms with Gasteiger partial charge in [0.15, 0.2) is 0 Å². The molecule has 0 aromatic heterocycles. The maximum atomic E-state index is 11.5. The van der Waals surface area contributed by atoms with E-state index in [9.17, 15) is 4.79 Å². The number of rotatable bonds is 7. The lowest BCUT2D eigenvalue weighted by atomic mass is 10.1. The fourth-order valence-electron chi connectivity index (χ4n) is 1.68. The second-order valence-corrected chi connectivity index (χ2v) is 6.35. The van der Waals surface area contributed by atoms with E-state index in [1.807, 2.05) is 20.8 Å². The molecule has 0 heterocycles. The summed E-state index contributed by atoms with van der Waals surface area (Å²) in [5, 5.41) is 0. The molecule has 0 atom stereocenters. The van der Waals surface area contributed by atoms with Gasteiger partial charge in [0.1, 0.15) is 5.60 Å². The largest absolute Gasteiger partial charge is 0.460 e. The summed E-state index contributed by atoms with van der Waals surface area (Å²) in [6, 6.07) is 0. The van der Waals surface area contributed by atoms with Crippen molar-refractivity contribution in [3.05, 3.63) is 23.3 Å². The highest BCUT2D eigenvalue weighted by molar-refractivity contribution is 5.69. The second-order valence-electron chi connectivity index (χ2n) is 6.35. The Morgan fingerprint density at radius 3 is 2.16 bits per heavy atom. The van der Waals surface area contributed by atoms with Crippen LogP contribution in [0, 0.1) is 0 Å². The molecule has 2 nitrogen and oxygen atoms in total. The summed E-state index contributed by atoms with van der Waals surface area (Å²) in [6.07, 6.45) is 9.05. The van der Waals surface area contributed by atoms with Crippen LogP contribution in [-0.2, 0) is 9.53 Å². The first-order chi connectivity index (χ1) is 8.70. The van der Waals surface area contributed by atoms with Crippen LogP contribution in [0.15, 0.2) is 23.3 Å². The number of unbranched alkanes of at least 4 members (excludes halogenated alkanes) is 1. The van der Waals surface area contributed by atoms with Crippen molar-refractivity contribution in [3.63, 3.8) is 0 Å². The zero-order chi connectivity index (χ0) is 14.9. The van der Waals surface area contributed by atoms with Crippen LogP contribution in [-0.4, -0.2) is 11.6 Å². The third kappa shape index (κ3) is 13.2. The number of allylic oxidation sites excluding steroid dienone is 4. The fraction of sp³-hybridized carbons (Fsp3) is 0.706. The molecule has 0 aliphatic carbocycles. The first kappa shape index (κ1) is 17.9. The summed E-state index contributed by atoms with van der Waals surface area (Å²) < 4.78 is 5.27. The van der Waals surface area contributed by atoms with E-state index in [4.69, 9.17) is 4.74 Å². The van der Waals surface area contributed by atoms with Gasteiger partial charge in [-0.25, -0.2) is 0 Å². The number of esters is 1. The summed E-state index contributed by atoms with van der Waals surface area (Å²) in [5.41, 5.74) is 2.41. The molecule has 0 saturated heterocycles. The minimum Gasteiger partial charge on any atom is -0.460 e. The molecule has 0 aliphatic rings. The Balaban J connectivity index is 3.78. The lowest BCUT2D eigenvalue weighted by Gasteiger charge is -2.19. The van der Waals surface area contributed by atoms with Gasteiger partial charge in [-0.05, 0) is 67.2 Å². The minimum atomic E-state index is -0.368. The SMILES string of the molecule is CC(C)=CCC/C(C)=C/CCCC(=O)OC(C)(C)C. The van der Waals surface area contributed by atoms with Crippen LogP contribution in [0.3, 0.4) is 0 Å². The van der Waals surface area contributed by atoms with Gasteiger partial charge in [0.25, 0.3) is 0 Å². The average Bonchev–Trinajstić information content (AvgIpc) is 2.21. The van der Waals surface area contributed by atoms with Gasteiger partial charge in [0.2, 0.25) is 0 Å². The molecule has 0 aliphatic heterocycles. The van der Waals surface area contributed by atoms with Crippen LogP contribution in [0.1, 0.15) is 73.6 Å². The molecular weight excluding hydrogens is 236 g/mol. The highest BCUT2D eigenvalue weighted by atomic mass is 16.6. The molecule has 0 unspecified atom stereocenters. The van der Waals surface area contributed by atoms with E-state index in [0.717, 1.165) is 25.7 Å². The fourth-order valence-corrected chi connectivity index (χ4v) is 1.68. The van der Waals surface area contributed by atoms with Gasteiger partial charge in [-0.1, -0.05) is 23.3 Å². The quantitative estimate of drug-likeness (QED) is 0.360. The maximum absolute atomic E-state index is 11.5. The third-order valence-corrected chi connectivity index (χ3v) is 2.59. The van der Waals surface area contributed by atoms with E-state index in [-0.39, 0.29) is 11.6 Å². The molecule has 2 heteroatoms. The predicted octanol–water partition coefficient (Wildman–Crippen LogP) is 5.19. The van der Waals surface area contributed by atoms with Crippen molar-refractivity contribution in [2.24, 2.45) is 0 Å². The van der Waals surface area contributed by atoms with Crippen LogP contribution in [0.2, 0.25) is 0 Å². The number of ether oxygens (including phenoxy) is 1. The second kappa shape index (κ2) is 8.95. The molecular formula is C17H30O2. The smallest absolute Gasteiger partial charge is 0.306 e. The van der Waals surface area contributed by atoms with Gasteiger partial charge in [-0.2, -0.15) is 0 Å². The van der Waals surface area contributed by atoms with Crippen LogP contribution in [0.4, 0.5) is 0 Å². The number of carbonyl (C=O) groups excluding carboxylic acids is 1. The van der Waals surface area contributed by atoms with Crippen molar-refractivity contribution in [3.8, 4) is 0 Å². The van der Waals surface area contributed by atoms with Crippen LogP contribution in [0.5, 0.6) is 0 Å². The topological polar surface area (TPSA) is 26.3 Å².